The molecule has 6 heteroatoms. The average Bonchev–Trinajstić information content (AvgIpc) is 3.15. The Morgan fingerprint density at radius 2 is 1.90 bits per heavy atom. The van der Waals surface area contributed by atoms with Crippen molar-refractivity contribution < 1.29 is 9.53 Å². The highest BCUT2D eigenvalue weighted by Gasteiger charge is 2.25. The molecule has 0 radical (unpaired) electrons. The molecule has 0 saturated heterocycles. The number of fused-ring (bicyclic) bond motifs is 1. The van der Waals surface area contributed by atoms with E-state index in [0.29, 0.717) is 6.61 Å². The highest BCUT2D eigenvalue weighted by molar-refractivity contribution is 7.97. The fourth-order valence-corrected chi connectivity index (χ4v) is 5.00. The van der Waals surface area contributed by atoms with Crippen LogP contribution in [0.25, 0.3) is 11.1 Å². The summed E-state index contributed by atoms with van der Waals surface area (Å²) in [6.45, 7) is 6.67. The third-order valence-electron chi connectivity index (χ3n) is 5.58. The van der Waals surface area contributed by atoms with Crippen LogP contribution in [0.2, 0.25) is 0 Å². The number of hydrogen-bond donors (Lipinski definition) is 1. The predicted molar refractivity (Wildman–Crippen MR) is 125 cm³/mol. The topological polar surface area (TPSA) is 56.2 Å². The van der Waals surface area contributed by atoms with E-state index in [4.69, 9.17) is 4.74 Å². The van der Waals surface area contributed by atoms with Crippen molar-refractivity contribution in [1.82, 2.24) is 14.5 Å². The van der Waals surface area contributed by atoms with Gasteiger partial charge in [0.15, 0.2) is 0 Å². The Morgan fingerprint density at radius 1 is 1.16 bits per heavy atom. The lowest BCUT2D eigenvalue weighted by molar-refractivity contribution is -0.144. The van der Waals surface area contributed by atoms with Crippen molar-refractivity contribution in [1.29, 1.82) is 0 Å². The first kappa shape index (κ1) is 21.7. The molecule has 162 valence electrons. The average molecular weight is 436 g/mol. The number of ether oxygens (including phenoxy) is 1. The molecule has 1 unspecified atom stereocenters. The zero-order valence-electron chi connectivity index (χ0n) is 18.4. The van der Waals surface area contributed by atoms with Crippen LogP contribution < -0.4 is 4.72 Å². The van der Waals surface area contributed by atoms with Gasteiger partial charge in [0, 0.05) is 22.2 Å². The Kier molecular flexibility index (Phi) is 6.78. The van der Waals surface area contributed by atoms with Crippen molar-refractivity contribution >= 4 is 17.9 Å². The van der Waals surface area contributed by atoms with E-state index in [0.717, 1.165) is 25.0 Å². The van der Waals surface area contributed by atoms with E-state index in [1.54, 1.807) is 16.6 Å². The highest BCUT2D eigenvalue weighted by atomic mass is 32.2. The van der Waals surface area contributed by atoms with Gasteiger partial charge in [0.2, 0.25) is 0 Å². The third-order valence-corrected chi connectivity index (χ3v) is 6.49. The first-order chi connectivity index (χ1) is 15.0. The van der Waals surface area contributed by atoms with Gasteiger partial charge >= 0.3 is 5.97 Å². The molecule has 0 amide bonds. The molecule has 0 spiro atoms. The number of nitrogens with one attached hydrogen (secondary N) is 1. The monoisotopic (exact) mass is 435 g/mol. The smallest absolute Gasteiger partial charge is 0.327 e. The molecule has 1 aromatic heterocycles. The van der Waals surface area contributed by atoms with E-state index < -0.39 is 0 Å². The number of rotatable bonds is 7. The van der Waals surface area contributed by atoms with Gasteiger partial charge < -0.3 is 4.74 Å². The first-order valence-electron chi connectivity index (χ1n) is 10.8. The molecule has 5 nitrogen and oxygen atoms in total. The summed E-state index contributed by atoms with van der Waals surface area (Å²) in [5, 5.41) is 4.45. The highest BCUT2D eigenvalue weighted by Crippen LogP contribution is 2.33. The number of esters is 1. The van der Waals surface area contributed by atoms with Gasteiger partial charge in [0.25, 0.3) is 0 Å². The fourth-order valence-electron chi connectivity index (χ4n) is 4.20. The Balaban J connectivity index is 1.41. The van der Waals surface area contributed by atoms with Gasteiger partial charge in [-0.1, -0.05) is 41.5 Å². The molecule has 31 heavy (non-hydrogen) atoms. The van der Waals surface area contributed by atoms with Crippen molar-refractivity contribution in [2.75, 3.05) is 6.61 Å². The van der Waals surface area contributed by atoms with Crippen molar-refractivity contribution in [3.8, 4) is 11.1 Å². The summed E-state index contributed by atoms with van der Waals surface area (Å²) >= 11 is 1.65. The standard InChI is InChI=1S/C25H29N3O2S/c1-4-30-25(29)16-28-24-7-5-6-23(22(24)15-26-28)27-31-21-10-8-19(9-11-21)20-13-17(2)12-18(3)14-20/h8-15,23,27H,4-7,16H2,1-3H3. The first-order valence-corrected chi connectivity index (χ1v) is 11.7. The van der Waals surface area contributed by atoms with E-state index in [-0.39, 0.29) is 18.6 Å². The predicted octanol–water partition coefficient (Wildman–Crippen LogP) is 5.40. The second kappa shape index (κ2) is 9.71. The molecule has 1 atom stereocenters. The molecule has 3 aromatic rings. The van der Waals surface area contributed by atoms with Gasteiger partial charge in [-0.15, -0.1) is 0 Å². The molecule has 1 N–H and O–H groups in total. The van der Waals surface area contributed by atoms with Crippen molar-refractivity contribution in [3.63, 3.8) is 0 Å². The summed E-state index contributed by atoms with van der Waals surface area (Å²) in [6.07, 6.45) is 4.98. The molecule has 1 heterocycles. The van der Waals surface area contributed by atoms with Crippen LogP contribution in [-0.4, -0.2) is 22.4 Å². The zero-order valence-corrected chi connectivity index (χ0v) is 19.2. The summed E-state index contributed by atoms with van der Waals surface area (Å²) in [7, 11) is 0. The summed E-state index contributed by atoms with van der Waals surface area (Å²) in [4.78, 5) is 13.0. The molecular weight excluding hydrogens is 406 g/mol. The Morgan fingerprint density at radius 3 is 2.61 bits per heavy atom. The van der Waals surface area contributed by atoms with Crippen molar-refractivity contribution in [2.45, 2.75) is 57.5 Å². The lowest BCUT2D eigenvalue weighted by atomic mass is 9.94. The number of nitrogens with zero attached hydrogens (tertiary/aromatic N) is 2. The molecule has 1 aliphatic carbocycles. The van der Waals surface area contributed by atoms with Crippen LogP contribution in [0.15, 0.2) is 53.6 Å². The molecule has 0 bridgehead atoms. The maximum absolute atomic E-state index is 11.9. The Hall–Kier alpha value is -2.57. The molecule has 0 aliphatic heterocycles. The van der Waals surface area contributed by atoms with Crippen molar-refractivity contribution in [2.24, 2.45) is 0 Å². The van der Waals surface area contributed by atoms with E-state index in [9.17, 15) is 4.79 Å². The number of carbonyl (C=O) groups excluding carboxylic acids is 1. The molecular formula is C25H29N3O2S. The maximum Gasteiger partial charge on any atom is 0.327 e. The lowest BCUT2D eigenvalue weighted by Crippen LogP contribution is -2.22. The van der Waals surface area contributed by atoms with Gasteiger partial charge in [0.05, 0.1) is 12.8 Å². The third kappa shape index (κ3) is 5.20. The minimum atomic E-state index is -0.234. The quantitative estimate of drug-likeness (QED) is 0.397. The van der Waals surface area contributed by atoms with Crippen LogP contribution in [0.4, 0.5) is 0 Å². The number of carbonyl (C=O) groups is 1. The van der Waals surface area contributed by atoms with E-state index in [1.165, 1.54) is 32.7 Å². The van der Waals surface area contributed by atoms with E-state index in [2.05, 4.69) is 66.1 Å². The largest absolute Gasteiger partial charge is 0.465 e. The van der Waals surface area contributed by atoms with Crippen LogP contribution in [0, 0.1) is 13.8 Å². The number of hydrogen-bond acceptors (Lipinski definition) is 5. The van der Waals surface area contributed by atoms with Gasteiger partial charge in [-0.25, -0.2) is 0 Å². The number of aryl methyl sites for hydroxylation is 2. The SMILES string of the molecule is CCOC(=O)Cn1ncc2c1CCCC2NSc1ccc(-c2cc(C)cc(C)c2)cc1. The van der Waals surface area contributed by atoms with Crippen LogP contribution in [-0.2, 0) is 22.5 Å². The van der Waals surface area contributed by atoms with Crippen LogP contribution >= 0.6 is 11.9 Å². The summed E-state index contributed by atoms with van der Waals surface area (Å²) < 4.78 is 10.5. The lowest BCUT2D eigenvalue weighted by Gasteiger charge is -2.23. The van der Waals surface area contributed by atoms with Crippen molar-refractivity contribution in [3.05, 3.63) is 71.0 Å². The Bertz CT molecular complexity index is 1040. The maximum atomic E-state index is 11.9. The Labute approximate surface area is 188 Å². The minimum absolute atomic E-state index is 0.183. The fraction of sp³-hybridized carbons (Fsp3) is 0.360. The number of benzene rings is 2. The molecule has 4 rings (SSSR count). The molecule has 1 aliphatic rings. The van der Waals surface area contributed by atoms with Gasteiger partial charge in [-0.2, -0.15) is 5.10 Å². The second-order valence-corrected chi connectivity index (χ2v) is 8.99. The second-order valence-electron chi connectivity index (χ2n) is 8.07. The van der Waals surface area contributed by atoms with Gasteiger partial charge in [-0.05, 0) is 75.2 Å². The number of aromatic nitrogens is 2. The van der Waals surface area contributed by atoms with Gasteiger partial charge in [0.1, 0.15) is 6.54 Å². The van der Waals surface area contributed by atoms with Crippen LogP contribution in [0.5, 0.6) is 0 Å². The van der Waals surface area contributed by atoms with Crippen LogP contribution in [0.1, 0.15) is 48.2 Å². The normalized spacial score (nSPS) is 15.5. The summed E-state index contributed by atoms with van der Waals surface area (Å²) in [5.74, 6) is -0.234. The molecule has 0 fully saturated rings. The minimum Gasteiger partial charge on any atom is -0.465 e. The van der Waals surface area contributed by atoms with E-state index in [1.807, 2.05) is 13.1 Å². The van der Waals surface area contributed by atoms with Gasteiger partial charge in [-0.3, -0.25) is 14.2 Å². The van der Waals surface area contributed by atoms with E-state index >= 15 is 0 Å². The van der Waals surface area contributed by atoms with Crippen LogP contribution in [0.3, 0.4) is 0 Å². The summed E-state index contributed by atoms with van der Waals surface area (Å²) in [5.41, 5.74) is 7.39. The molecule has 2 aromatic carbocycles. The molecule has 0 saturated carbocycles. The summed E-state index contributed by atoms with van der Waals surface area (Å²) in [6, 6.07) is 15.6. The zero-order chi connectivity index (χ0) is 21.8.